The molecule has 1 atom stereocenters. The van der Waals surface area contributed by atoms with Crippen LogP contribution in [0.2, 0.25) is 0 Å². The number of benzene rings is 1. The molecule has 0 bridgehead atoms. The molecule has 1 aromatic heterocycles. The molecule has 166 valence electrons. The number of nitrogens with one attached hydrogen (secondary N) is 2. The van der Waals surface area contributed by atoms with Crippen LogP contribution >= 0.6 is 0 Å². The first-order valence-electron chi connectivity index (χ1n) is 10.1. The van der Waals surface area contributed by atoms with Crippen molar-refractivity contribution in [1.29, 1.82) is 0 Å². The van der Waals surface area contributed by atoms with E-state index >= 15 is 0 Å². The van der Waals surface area contributed by atoms with Crippen molar-refractivity contribution in [2.45, 2.75) is 50.1 Å². The van der Waals surface area contributed by atoms with E-state index < -0.39 is 27.9 Å². The van der Waals surface area contributed by atoms with Crippen LogP contribution in [-0.4, -0.2) is 48.7 Å². The van der Waals surface area contributed by atoms with Crippen LogP contribution in [-0.2, 0) is 31.6 Å². The minimum Gasteiger partial charge on any atom is -0.353 e. The van der Waals surface area contributed by atoms with Crippen LogP contribution in [0.1, 0.15) is 38.3 Å². The standard InChI is InChI=1S/C22H28N4O4S/c1-22(2,3)17-6-8-18(9-7-17)31(29,30)26-12-11-24-21(28)19(26)13-20(27)25-15-16-5-4-10-23-14-16/h4-10,14,19H,11-13,15H2,1-3H3,(H,24,28)(H,25,27). The Bertz CT molecular complexity index is 1030. The number of amides is 2. The van der Waals surface area contributed by atoms with Gasteiger partial charge >= 0.3 is 0 Å². The monoisotopic (exact) mass is 444 g/mol. The Balaban J connectivity index is 1.76. The van der Waals surface area contributed by atoms with Gasteiger partial charge in [-0.1, -0.05) is 39.0 Å². The summed E-state index contributed by atoms with van der Waals surface area (Å²) in [7, 11) is -3.94. The van der Waals surface area contributed by atoms with E-state index in [0.29, 0.717) is 0 Å². The highest BCUT2D eigenvalue weighted by Crippen LogP contribution is 2.26. The van der Waals surface area contributed by atoms with Crippen LogP contribution in [0.15, 0.2) is 53.7 Å². The molecule has 1 aromatic carbocycles. The fraction of sp³-hybridized carbons (Fsp3) is 0.409. The maximum Gasteiger partial charge on any atom is 0.243 e. The summed E-state index contributed by atoms with van der Waals surface area (Å²) in [6.45, 7) is 6.70. The molecule has 0 radical (unpaired) electrons. The molecule has 0 aliphatic carbocycles. The molecule has 1 aliphatic rings. The van der Waals surface area contributed by atoms with Crippen LogP contribution in [0.4, 0.5) is 0 Å². The van der Waals surface area contributed by atoms with Gasteiger partial charge < -0.3 is 10.6 Å². The van der Waals surface area contributed by atoms with E-state index in [2.05, 4.69) is 15.6 Å². The van der Waals surface area contributed by atoms with Crippen LogP contribution < -0.4 is 10.6 Å². The summed E-state index contributed by atoms with van der Waals surface area (Å²) in [5.41, 5.74) is 1.71. The molecule has 1 saturated heterocycles. The van der Waals surface area contributed by atoms with Crippen molar-refractivity contribution in [1.82, 2.24) is 19.9 Å². The van der Waals surface area contributed by atoms with Crippen molar-refractivity contribution in [3.63, 3.8) is 0 Å². The summed E-state index contributed by atoms with van der Waals surface area (Å²) in [6.07, 6.45) is 3.01. The zero-order chi connectivity index (χ0) is 22.6. The van der Waals surface area contributed by atoms with E-state index in [1.54, 1.807) is 42.7 Å². The smallest absolute Gasteiger partial charge is 0.243 e. The number of aromatic nitrogens is 1. The Morgan fingerprint density at radius 3 is 2.55 bits per heavy atom. The Labute approximate surface area is 183 Å². The van der Waals surface area contributed by atoms with Crippen molar-refractivity contribution < 1.29 is 18.0 Å². The molecule has 1 unspecified atom stereocenters. The molecule has 2 amide bonds. The zero-order valence-corrected chi connectivity index (χ0v) is 18.8. The minimum atomic E-state index is -3.94. The third kappa shape index (κ3) is 5.48. The number of rotatable bonds is 6. The molecule has 9 heteroatoms. The van der Waals surface area contributed by atoms with Gasteiger partial charge in [0.2, 0.25) is 21.8 Å². The Kier molecular flexibility index (Phi) is 6.76. The van der Waals surface area contributed by atoms with Gasteiger partial charge in [-0.15, -0.1) is 0 Å². The molecule has 2 aromatic rings. The van der Waals surface area contributed by atoms with Crippen molar-refractivity contribution >= 4 is 21.8 Å². The molecule has 8 nitrogen and oxygen atoms in total. The third-order valence-electron chi connectivity index (χ3n) is 5.20. The summed E-state index contributed by atoms with van der Waals surface area (Å²) in [6, 6.07) is 9.16. The van der Waals surface area contributed by atoms with Gasteiger partial charge in [0.25, 0.3) is 0 Å². The average molecular weight is 445 g/mol. The number of hydrogen-bond acceptors (Lipinski definition) is 5. The van der Waals surface area contributed by atoms with Crippen molar-refractivity contribution in [3.05, 3.63) is 59.9 Å². The highest BCUT2D eigenvalue weighted by atomic mass is 32.2. The first-order valence-corrected chi connectivity index (χ1v) is 11.6. The molecular formula is C22H28N4O4S. The van der Waals surface area contributed by atoms with E-state index in [9.17, 15) is 18.0 Å². The second-order valence-corrected chi connectivity index (χ2v) is 10.4. The molecule has 2 N–H and O–H groups in total. The lowest BCUT2D eigenvalue weighted by atomic mass is 9.87. The van der Waals surface area contributed by atoms with Gasteiger partial charge in [0.1, 0.15) is 6.04 Å². The van der Waals surface area contributed by atoms with Crippen molar-refractivity contribution in [3.8, 4) is 0 Å². The predicted molar refractivity (Wildman–Crippen MR) is 117 cm³/mol. The summed E-state index contributed by atoms with van der Waals surface area (Å²) >= 11 is 0. The number of nitrogens with zero attached hydrogens (tertiary/aromatic N) is 2. The van der Waals surface area contributed by atoms with Crippen molar-refractivity contribution in [2.24, 2.45) is 0 Å². The molecular weight excluding hydrogens is 416 g/mol. The van der Waals surface area contributed by atoms with E-state index in [4.69, 9.17) is 0 Å². The summed E-state index contributed by atoms with van der Waals surface area (Å²) in [4.78, 5) is 29.0. The average Bonchev–Trinajstić information content (AvgIpc) is 2.74. The fourth-order valence-corrected chi connectivity index (χ4v) is 4.98. The lowest BCUT2D eigenvalue weighted by molar-refractivity contribution is -0.131. The largest absolute Gasteiger partial charge is 0.353 e. The zero-order valence-electron chi connectivity index (χ0n) is 18.0. The first kappa shape index (κ1) is 22.9. The molecule has 1 aliphatic heterocycles. The SMILES string of the molecule is CC(C)(C)c1ccc(S(=O)(=O)N2CCNC(=O)C2CC(=O)NCc2cccnc2)cc1. The lowest BCUT2D eigenvalue weighted by Crippen LogP contribution is -2.58. The summed E-state index contributed by atoms with van der Waals surface area (Å²) < 4.78 is 27.7. The molecule has 3 rings (SSSR count). The Hall–Kier alpha value is -2.78. The number of hydrogen-bond donors (Lipinski definition) is 2. The quantitative estimate of drug-likeness (QED) is 0.703. The van der Waals surface area contributed by atoms with Crippen molar-refractivity contribution in [2.75, 3.05) is 13.1 Å². The predicted octanol–water partition coefficient (Wildman–Crippen LogP) is 1.57. The molecule has 31 heavy (non-hydrogen) atoms. The summed E-state index contributed by atoms with van der Waals surface area (Å²) in [5.74, 6) is -0.883. The van der Waals surface area contributed by atoms with Gasteiger partial charge in [0, 0.05) is 32.0 Å². The Morgan fingerprint density at radius 2 is 1.94 bits per heavy atom. The van der Waals surface area contributed by atoms with Gasteiger partial charge in [-0.3, -0.25) is 14.6 Å². The number of carbonyl (C=O) groups excluding carboxylic acids is 2. The normalized spacial score (nSPS) is 17.8. The maximum absolute atomic E-state index is 13.3. The second-order valence-electron chi connectivity index (χ2n) is 8.54. The van der Waals surface area contributed by atoms with E-state index in [1.165, 1.54) is 0 Å². The maximum atomic E-state index is 13.3. The fourth-order valence-electron chi connectivity index (χ4n) is 3.39. The van der Waals surface area contributed by atoms with Gasteiger partial charge in [-0.05, 0) is 34.7 Å². The Morgan fingerprint density at radius 1 is 1.23 bits per heavy atom. The molecule has 2 heterocycles. The highest BCUT2D eigenvalue weighted by Gasteiger charge is 2.39. The van der Waals surface area contributed by atoms with Gasteiger partial charge in [0.05, 0.1) is 11.3 Å². The number of pyridine rings is 1. The lowest BCUT2D eigenvalue weighted by Gasteiger charge is -2.33. The number of piperazine rings is 1. The minimum absolute atomic E-state index is 0.107. The summed E-state index contributed by atoms with van der Waals surface area (Å²) in [5, 5.41) is 5.38. The van der Waals surface area contributed by atoms with E-state index in [1.807, 2.05) is 26.8 Å². The molecule has 0 saturated carbocycles. The van der Waals surface area contributed by atoms with Crippen LogP contribution in [0.25, 0.3) is 0 Å². The highest BCUT2D eigenvalue weighted by molar-refractivity contribution is 7.89. The van der Waals surface area contributed by atoms with E-state index in [0.717, 1.165) is 15.4 Å². The molecule has 0 spiro atoms. The van der Waals surface area contributed by atoms with Crippen LogP contribution in [0.3, 0.4) is 0 Å². The van der Waals surface area contributed by atoms with Gasteiger partial charge in [-0.2, -0.15) is 4.31 Å². The van der Waals surface area contributed by atoms with Gasteiger partial charge in [0.15, 0.2) is 0 Å². The van der Waals surface area contributed by atoms with Crippen LogP contribution in [0, 0.1) is 0 Å². The number of sulfonamides is 1. The first-order chi connectivity index (χ1) is 14.6. The van der Waals surface area contributed by atoms with E-state index in [-0.39, 0.29) is 36.4 Å². The van der Waals surface area contributed by atoms with Gasteiger partial charge in [-0.25, -0.2) is 8.42 Å². The second kappa shape index (κ2) is 9.15. The number of carbonyl (C=O) groups is 2. The molecule has 1 fully saturated rings. The topological polar surface area (TPSA) is 108 Å². The third-order valence-corrected chi connectivity index (χ3v) is 7.12. The van der Waals surface area contributed by atoms with Crippen LogP contribution in [0.5, 0.6) is 0 Å².